The van der Waals surface area contributed by atoms with E-state index in [1.807, 2.05) is 10.8 Å². The molecule has 1 aromatic heterocycles. The molecule has 1 amide bonds. The first-order chi connectivity index (χ1) is 16.5. The molecule has 0 spiro atoms. The molecule has 34 heavy (non-hydrogen) atoms. The van der Waals surface area contributed by atoms with Crippen LogP contribution in [0.4, 0.5) is 0 Å². The Morgan fingerprint density at radius 2 is 1.85 bits per heavy atom. The third-order valence-corrected chi connectivity index (χ3v) is 5.85. The molecule has 0 radical (unpaired) electrons. The van der Waals surface area contributed by atoms with Gasteiger partial charge in [-0.2, -0.15) is 0 Å². The predicted octanol–water partition coefficient (Wildman–Crippen LogP) is 4.61. The molecule has 0 aliphatic carbocycles. The molecule has 0 bridgehead atoms. The van der Waals surface area contributed by atoms with Crippen LogP contribution in [0.1, 0.15) is 23.6 Å². The lowest BCUT2D eigenvalue weighted by atomic mass is 9.95. The fraction of sp³-hybridized carbons (Fsp3) is 0.192. The third kappa shape index (κ3) is 4.89. The van der Waals surface area contributed by atoms with Gasteiger partial charge in [-0.05, 0) is 48.4 Å². The monoisotopic (exact) mass is 477 g/mol. The summed E-state index contributed by atoms with van der Waals surface area (Å²) in [7, 11) is 0. The van der Waals surface area contributed by atoms with Crippen LogP contribution in [0.15, 0.2) is 85.5 Å². The van der Waals surface area contributed by atoms with E-state index in [2.05, 4.69) is 11.6 Å². The quantitative estimate of drug-likeness (QED) is 0.210. The zero-order valence-corrected chi connectivity index (χ0v) is 19.2. The highest BCUT2D eigenvalue weighted by Gasteiger charge is 2.45. The molecule has 1 aliphatic rings. The van der Waals surface area contributed by atoms with Crippen LogP contribution in [0.3, 0.4) is 0 Å². The van der Waals surface area contributed by atoms with Crippen molar-refractivity contribution < 1.29 is 19.4 Å². The average Bonchev–Trinajstić information content (AvgIpc) is 3.45. The van der Waals surface area contributed by atoms with Gasteiger partial charge in [-0.1, -0.05) is 36.4 Å². The van der Waals surface area contributed by atoms with Gasteiger partial charge in [0.1, 0.15) is 18.1 Å². The van der Waals surface area contributed by atoms with Crippen LogP contribution in [0, 0.1) is 0 Å². The van der Waals surface area contributed by atoms with Crippen LogP contribution in [-0.4, -0.2) is 44.4 Å². The van der Waals surface area contributed by atoms with E-state index >= 15 is 0 Å². The van der Waals surface area contributed by atoms with Crippen molar-refractivity contribution in [3.05, 3.63) is 102 Å². The highest BCUT2D eigenvalue weighted by Crippen LogP contribution is 2.40. The fourth-order valence-corrected chi connectivity index (χ4v) is 4.09. The maximum Gasteiger partial charge on any atom is 0.295 e. The number of Topliss-reactive ketones (excluding diaryl/α,β-unsaturated/α-hetero) is 1. The molecule has 2 heterocycles. The summed E-state index contributed by atoms with van der Waals surface area (Å²) in [4.78, 5) is 31.7. The first-order valence-corrected chi connectivity index (χ1v) is 11.2. The van der Waals surface area contributed by atoms with Gasteiger partial charge >= 0.3 is 0 Å². The zero-order chi connectivity index (χ0) is 24.1. The second-order valence-corrected chi connectivity index (χ2v) is 8.26. The summed E-state index contributed by atoms with van der Waals surface area (Å²) in [6.07, 6.45) is 7.49. The maximum atomic E-state index is 13.1. The smallest absolute Gasteiger partial charge is 0.295 e. The highest BCUT2D eigenvalue weighted by molar-refractivity contribution is 6.46. The predicted molar refractivity (Wildman–Crippen MR) is 129 cm³/mol. The number of nitrogens with zero attached hydrogens (tertiary/aromatic N) is 3. The van der Waals surface area contributed by atoms with Crippen molar-refractivity contribution in [2.24, 2.45) is 0 Å². The highest BCUT2D eigenvalue weighted by atomic mass is 35.5. The number of hydrogen-bond acceptors (Lipinski definition) is 5. The lowest BCUT2D eigenvalue weighted by Crippen LogP contribution is -2.31. The summed E-state index contributed by atoms with van der Waals surface area (Å²) < 4.78 is 7.46. The minimum absolute atomic E-state index is 0.0507. The fourth-order valence-electron chi connectivity index (χ4n) is 3.96. The number of amides is 1. The molecule has 2 aromatic carbocycles. The van der Waals surface area contributed by atoms with Crippen LogP contribution >= 0.6 is 11.6 Å². The number of hydrogen-bond donors (Lipinski definition) is 1. The summed E-state index contributed by atoms with van der Waals surface area (Å²) in [5.74, 6) is -0.951. The molecule has 1 atom stereocenters. The Bertz CT molecular complexity index is 1200. The number of benzene rings is 2. The molecular formula is C26H24ClN3O4. The molecule has 1 unspecified atom stereocenters. The number of aromatic nitrogens is 2. The number of halogens is 1. The number of aliphatic hydroxyl groups is 1. The lowest BCUT2D eigenvalue weighted by molar-refractivity contribution is -0.139. The van der Waals surface area contributed by atoms with Crippen molar-refractivity contribution in [1.82, 2.24) is 14.5 Å². The minimum atomic E-state index is -0.730. The van der Waals surface area contributed by atoms with Crippen molar-refractivity contribution in [3.8, 4) is 5.75 Å². The van der Waals surface area contributed by atoms with E-state index < -0.39 is 17.7 Å². The number of aliphatic hydroxyl groups excluding tert-OH is 1. The van der Waals surface area contributed by atoms with Crippen molar-refractivity contribution in [2.75, 3.05) is 13.2 Å². The van der Waals surface area contributed by atoms with E-state index in [-0.39, 0.29) is 11.3 Å². The Morgan fingerprint density at radius 3 is 2.50 bits per heavy atom. The Balaban J connectivity index is 1.70. The molecule has 0 saturated carbocycles. The number of carbonyl (C=O) groups is 2. The van der Waals surface area contributed by atoms with E-state index in [9.17, 15) is 14.7 Å². The molecule has 1 N–H and O–H groups in total. The Kier molecular flexibility index (Phi) is 7.13. The van der Waals surface area contributed by atoms with Gasteiger partial charge in [-0.3, -0.25) is 9.59 Å². The summed E-state index contributed by atoms with van der Waals surface area (Å²) in [5.41, 5.74) is 1.16. The van der Waals surface area contributed by atoms with Gasteiger partial charge in [-0.15, -0.1) is 0 Å². The zero-order valence-electron chi connectivity index (χ0n) is 18.4. The molecule has 1 saturated heterocycles. The van der Waals surface area contributed by atoms with Crippen molar-refractivity contribution in [3.63, 3.8) is 0 Å². The molecular weight excluding hydrogens is 454 g/mol. The van der Waals surface area contributed by atoms with Gasteiger partial charge in [-0.25, -0.2) is 4.98 Å². The number of rotatable bonds is 9. The molecule has 8 heteroatoms. The summed E-state index contributed by atoms with van der Waals surface area (Å²) in [6, 6.07) is 12.9. The van der Waals surface area contributed by atoms with Crippen LogP contribution in [0.25, 0.3) is 5.76 Å². The molecule has 1 fully saturated rings. The average molecular weight is 478 g/mol. The normalized spacial score (nSPS) is 17.2. The molecule has 174 valence electrons. The van der Waals surface area contributed by atoms with Gasteiger partial charge in [0.2, 0.25) is 0 Å². The Morgan fingerprint density at radius 1 is 1.12 bits per heavy atom. The van der Waals surface area contributed by atoms with E-state index in [1.54, 1.807) is 67.1 Å². The number of ketones is 1. The first kappa shape index (κ1) is 23.3. The Hall–Kier alpha value is -3.84. The maximum absolute atomic E-state index is 13.1. The second kappa shape index (κ2) is 10.4. The number of ether oxygens (including phenoxy) is 1. The number of imidazole rings is 1. The van der Waals surface area contributed by atoms with Crippen LogP contribution < -0.4 is 4.74 Å². The van der Waals surface area contributed by atoms with Gasteiger partial charge in [0, 0.05) is 36.1 Å². The number of likely N-dealkylation sites (tertiary alicyclic amines) is 1. The van der Waals surface area contributed by atoms with Gasteiger partial charge in [0.05, 0.1) is 17.9 Å². The van der Waals surface area contributed by atoms with E-state index in [0.717, 1.165) is 0 Å². The van der Waals surface area contributed by atoms with Crippen LogP contribution in [0.2, 0.25) is 5.02 Å². The summed E-state index contributed by atoms with van der Waals surface area (Å²) in [6.45, 7) is 4.98. The van der Waals surface area contributed by atoms with Crippen molar-refractivity contribution in [1.29, 1.82) is 0 Å². The standard InChI is InChI=1S/C26H24ClN3O4/c1-2-16-34-21-10-6-18(7-11-21)23-22(24(31)19-4-8-20(27)9-5-19)25(32)26(33)30(23)14-3-13-29-15-12-28-17-29/h2,4-12,15,17,23,31H,1,3,13-14,16H2/b24-22-. The number of aryl methyl sites for hydroxylation is 1. The van der Waals surface area contributed by atoms with Gasteiger partial charge in [0.25, 0.3) is 11.7 Å². The summed E-state index contributed by atoms with van der Waals surface area (Å²) >= 11 is 5.97. The molecule has 4 rings (SSSR count). The molecule has 1 aliphatic heterocycles. The van der Waals surface area contributed by atoms with Crippen LogP contribution in [-0.2, 0) is 16.1 Å². The second-order valence-electron chi connectivity index (χ2n) is 7.82. The van der Waals surface area contributed by atoms with E-state index in [0.29, 0.717) is 48.0 Å². The lowest BCUT2D eigenvalue weighted by Gasteiger charge is -2.25. The SMILES string of the molecule is C=CCOc1ccc(C2/C(=C(/O)c3ccc(Cl)cc3)C(=O)C(=O)N2CCCn2ccnc2)cc1. The summed E-state index contributed by atoms with van der Waals surface area (Å²) in [5, 5.41) is 11.6. The topological polar surface area (TPSA) is 84.7 Å². The van der Waals surface area contributed by atoms with Crippen molar-refractivity contribution in [2.45, 2.75) is 19.0 Å². The minimum Gasteiger partial charge on any atom is -0.507 e. The van der Waals surface area contributed by atoms with Gasteiger partial charge < -0.3 is 19.3 Å². The number of carbonyl (C=O) groups excluding carboxylic acids is 2. The van der Waals surface area contributed by atoms with Crippen molar-refractivity contribution >= 4 is 29.1 Å². The van der Waals surface area contributed by atoms with Gasteiger partial charge in [0.15, 0.2) is 0 Å². The van der Waals surface area contributed by atoms with Crippen LogP contribution in [0.5, 0.6) is 5.75 Å². The first-order valence-electron chi connectivity index (χ1n) is 10.8. The largest absolute Gasteiger partial charge is 0.507 e. The third-order valence-electron chi connectivity index (χ3n) is 5.60. The van der Waals surface area contributed by atoms with E-state index in [4.69, 9.17) is 16.3 Å². The Labute approximate surface area is 202 Å². The molecule has 7 nitrogen and oxygen atoms in total. The van der Waals surface area contributed by atoms with E-state index in [1.165, 1.54) is 4.90 Å². The molecule has 3 aromatic rings.